The topological polar surface area (TPSA) is 88.0 Å². The van der Waals surface area contributed by atoms with Crippen LogP contribution < -0.4 is 5.32 Å². The van der Waals surface area contributed by atoms with Crippen LogP contribution in [0.15, 0.2) is 36.8 Å². The van der Waals surface area contributed by atoms with Crippen LogP contribution in [0.4, 0.5) is 5.82 Å². The van der Waals surface area contributed by atoms with E-state index in [4.69, 9.17) is 5.11 Å². The maximum atomic E-state index is 10.9. The third-order valence-electron chi connectivity index (χ3n) is 2.38. The van der Waals surface area contributed by atoms with Crippen LogP contribution in [-0.2, 0) is 6.42 Å². The first-order chi connectivity index (χ1) is 8.77. The van der Waals surface area contributed by atoms with Gasteiger partial charge in [0.15, 0.2) is 5.82 Å². The number of nitrogens with one attached hydrogen (secondary N) is 1. The molecule has 0 amide bonds. The second-order valence-corrected chi connectivity index (χ2v) is 3.64. The van der Waals surface area contributed by atoms with Crippen molar-refractivity contribution in [3.63, 3.8) is 0 Å². The van der Waals surface area contributed by atoms with Gasteiger partial charge in [-0.1, -0.05) is 6.07 Å². The van der Waals surface area contributed by atoms with E-state index in [1.807, 2.05) is 12.1 Å². The van der Waals surface area contributed by atoms with Gasteiger partial charge in [0.2, 0.25) is 0 Å². The van der Waals surface area contributed by atoms with Crippen LogP contribution in [-0.4, -0.2) is 32.8 Å². The maximum absolute atomic E-state index is 10.9. The molecule has 6 heteroatoms. The Kier molecular flexibility index (Phi) is 3.80. The molecule has 0 aromatic carbocycles. The molecule has 6 nitrogen and oxygen atoms in total. The lowest BCUT2D eigenvalue weighted by Crippen LogP contribution is -2.11. The van der Waals surface area contributed by atoms with Crippen molar-refractivity contribution in [3.05, 3.63) is 47.9 Å². The van der Waals surface area contributed by atoms with Gasteiger partial charge in [-0.15, -0.1) is 5.10 Å². The number of hydrogen-bond acceptors (Lipinski definition) is 5. The van der Waals surface area contributed by atoms with Crippen LogP contribution in [0.3, 0.4) is 0 Å². The van der Waals surface area contributed by atoms with Gasteiger partial charge in [0, 0.05) is 18.9 Å². The number of aromatic nitrogens is 3. The molecule has 2 rings (SSSR count). The van der Waals surface area contributed by atoms with Gasteiger partial charge in [-0.3, -0.25) is 4.98 Å². The minimum atomic E-state index is -1.02. The lowest BCUT2D eigenvalue weighted by atomic mass is 10.2. The molecular formula is C12H12N4O2. The molecule has 2 aromatic rings. The van der Waals surface area contributed by atoms with Crippen molar-refractivity contribution in [2.75, 3.05) is 11.9 Å². The smallest absolute Gasteiger partial charge is 0.339 e. The number of aromatic carboxylic acids is 1. The van der Waals surface area contributed by atoms with Gasteiger partial charge in [-0.05, 0) is 24.1 Å². The van der Waals surface area contributed by atoms with Gasteiger partial charge < -0.3 is 10.4 Å². The highest BCUT2D eigenvalue weighted by atomic mass is 16.4. The molecule has 0 aliphatic carbocycles. The molecule has 0 radical (unpaired) electrons. The number of pyridine rings is 1. The van der Waals surface area contributed by atoms with Crippen LogP contribution >= 0.6 is 0 Å². The van der Waals surface area contributed by atoms with E-state index in [9.17, 15) is 4.79 Å². The molecule has 0 fully saturated rings. The Balaban J connectivity index is 1.97. The third kappa shape index (κ3) is 3.00. The van der Waals surface area contributed by atoms with E-state index in [-0.39, 0.29) is 11.4 Å². The van der Waals surface area contributed by atoms with E-state index in [1.165, 1.54) is 12.3 Å². The summed E-state index contributed by atoms with van der Waals surface area (Å²) in [5.74, 6) is -0.734. The summed E-state index contributed by atoms with van der Waals surface area (Å²) in [5.41, 5.74) is 1.20. The van der Waals surface area contributed by atoms with Gasteiger partial charge in [0.25, 0.3) is 0 Å². The standard InChI is InChI=1S/C12H12N4O2/c17-12(18)10-4-7-15-16-11(10)14-6-3-9-2-1-5-13-8-9/h1-2,4-5,7-8H,3,6H2,(H,14,16)(H,17,18). The maximum Gasteiger partial charge on any atom is 0.339 e. The fourth-order valence-corrected chi connectivity index (χ4v) is 1.51. The molecule has 2 heterocycles. The monoisotopic (exact) mass is 244 g/mol. The summed E-state index contributed by atoms with van der Waals surface area (Å²) >= 11 is 0. The van der Waals surface area contributed by atoms with Gasteiger partial charge in [0.05, 0.1) is 6.20 Å². The van der Waals surface area contributed by atoms with Gasteiger partial charge in [-0.25, -0.2) is 4.79 Å². The van der Waals surface area contributed by atoms with Crippen molar-refractivity contribution in [1.29, 1.82) is 0 Å². The van der Waals surface area contributed by atoms with Crippen molar-refractivity contribution < 1.29 is 9.90 Å². The lowest BCUT2D eigenvalue weighted by Gasteiger charge is -2.06. The van der Waals surface area contributed by atoms with Crippen molar-refractivity contribution in [2.45, 2.75) is 6.42 Å². The van der Waals surface area contributed by atoms with Crippen LogP contribution in [0, 0.1) is 0 Å². The summed E-state index contributed by atoms with van der Waals surface area (Å²) in [7, 11) is 0. The number of nitrogens with zero attached hydrogens (tertiary/aromatic N) is 3. The Hall–Kier alpha value is -2.50. The fraction of sp³-hybridized carbons (Fsp3) is 0.167. The first kappa shape index (κ1) is 12.0. The van der Waals surface area contributed by atoms with Gasteiger partial charge >= 0.3 is 5.97 Å². The van der Waals surface area contributed by atoms with Crippen LogP contribution in [0.25, 0.3) is 0 Å². The Morgan fingerprint density at radius 3 is 2.94 bits per heavy atom. The molecule has 0 bridgehead atoms. The second kappa shape index (κ2) is 5.72. The normalized spacial score (nSPS) is 10.0. The minimum absolute atomic E-state index is 0.121. The first-order valence-corrected chi connectivity index (χ1v) is 5.45. The zero-order valence-electron chi connectivity index (χ0n) is 9.58. The molecule has 0 saturated carbocycles. The zero-order chi connectivity index (χ0) is 12.8. The summed E-state index contributed by atoms with van der Waals surface area (Å²) < 4.78 is 0. The van der Waals surface area contributed by atoms with E-state index >= 15 is 0 Å². The predicted octanol–water partition coefficient (Wildman–Crippen LogP) is 1.22. The molecule has 0 unspecified atom stereocenters. The summed E-state index contributed by atoms with van der Waals surface area (Å²) in [6.07, 6.45) is 5.58. The van der Waals surface area contributed by atoms with E-state index in [1.54, 1.807) is 12.4 Å². The van der Waals surface area contributed by atoms with Crippen LogP contribution in [0.5, 0.6) is 0 Å². The van der Waals surface area contributed by atoms with Crippen molar-refractivity contribution in [1.82, 2.24) is 15.2 Å². The second-order valence-electron chi connectivity index (χ2n) is 3.64. The molecule has 0 aliphatic rings. The summed E-state index contributed by atoms with van der Waals surface area (Å²) in [4.78, 5) is 14.9. The highest BCUT2D eigenvalue weighted by Gasteiger charge is 2.10. The number of rotatable bonds is 5. The number of anilines is 1. The molecule has 2 aromatic heterocycles. The third-order valence-corrected chi connectivity index (χ3v) is 2.38. The van der Waals surface area contributed by atoms with Crippen LogP contribution in [0.2, 0.25) is 0 Å². The fourth-order valence-electron chi connectivity index (χ4n) is 1.51. The minimum Gasteiger partial charge on any atom is -0.478 e. The Bertz CT molecular complexity index is 531. The molecule has 18 heavy (non-hydrogen) atoms. The summed E-state index contributed by atoms with van der Waals surface area (Å²) in [5, 5.41) is 19.4. The molecule has 0 spiro atoms. The average Bonchev–Trinajstić information content (AvgIpc) is 2.40. The molecule has 0 saturated heterocycles. The predicted molar refractivity (Wildman–Crippen MR) is 65.4 cm³/mol. The van der Waals surface area contributed by atoms with E-state index in [0.29, 0.717) is 6.54 Å². The van der Waals surface area contributed by atoms with Gasteiger partial charge in [0.1, 0.15) is 5.56 Å². The van der Waals surface area contributed by atoms with E-state index in [2.05, 4.69) is 20.5 Å². The lowest BCUT2D eigenvalue weighted by molar-refractivity contribution is 0.0697. The largest absolute Gasteiger partial charge is 0.478 e. The van der Waals surface area contributed by atoms with Crippen molar-refractivity contribution in [3.8, 4) is 0 Å². The molecular weight excluding hydrogens is 232 g/mol. The SMILES string of the molecule is O=C(O)c1ccnnc1NCCc1cccnc1. The highest BCUT2D eigenvalue weighted by Crippen LogP contribution is 2.09. The molecule has 92 valence electrons. The number of hydrogen-bond donors (Lipinski definition) is 2. The Morgan fingerprint density at radius 1 is 1.33 bits per heavy atom. The summed E-state index contributed by atoms with van der Waals surface area (Å²) in [6, 6.07) is 5.24. The van der Waals surface area contributed by atoms with E-state index < -0.39 is 5.97 Å². The molecule has 2 N–H and O–H groups in total. The van der Waals surface area contributed by atoms with Crippen molar-refractivity contribution in [2.24, 2.45) is 0 Å². The number of carboxylic acids is 1. The molecule has 0 aliphatic heterocycles. The summed E-state index contributed by atoms with van der Waals surface area (Å²) in [6.45, 7) is 0.574. The van der Waals surface area contributed by atoms with Gasteiger partial charge in [-0.2, -0.15) is 5.10 Å². The zero-order valence-corrected chi connectivity index (χ0v) is 9.58. The highest BCUT2D eigenvalue weighted by molar-refractivity contribution is 5.92. The number of carbonyl (C=O) groups is 1. The average molecular weight is 244 g/mol. The van der Waals surface area contributed by atoms with Crippen LogP contribution in [0.1, 0.15) is 15.9 Å². The number of carboxylic acid groups (broad SMARTS) is 1. The Morgan fingerprint density at radius 2 is 2.22 bits per heavy atom. The van der Waals surface area contributed by atoms with E-state index in [0.717, 1.165) is 12.0 Å². The Labute approximate surface area is 104 Å². The first-order valence-electron chi connectivity index (χ1n) is 5.45. The molecule has 0 atom stereocenters. The van der Waals surface area contributed by atoms with Crippen molar-refractivity contribution >= 4 is 11.8 Å². The quantitative estimate of drug-likeness (QED) is 0.822.